The predicted octanol–water partition coefficient (Wildman–Crippen LogP) is 3.01. The van der Waals surface area contributed by atoms with Crippen molar-refractivity contribution in [2.24, 2.45) is 0 Å². The molecule has 2 aromatic rings. The van der Waals surface area contributed by atoms with Gasteiger partial charge < -0.3 is 14.5 Å². The molecule has 0 radical (unpaired) electrons. The lowest BCUT2D eigenvalue weighted by molar-refractivity contribution is -0.134. The first-order chi connectivity index (χ1) is 12.5. The quantitative estimate of drug-likeness (QED) is 0.829. The van der Waals surface area contributed by atoms with E-state index in [4.69, 9.17) is 16.3 Å². The van der Waals surface area contributed by atoms with E-state index >= 15 is 0 Å². The molecule has 0 saturated carbocycles. The van der Waals surface area contributed by atoms with Crippen molar-refractivity contribution < 1.29 is 14.3 Å². The van der Waals surface area contributed by atoms with E-state index in [1.165, 1.54) is 0 Å². The number of halogens is 1. The van der Waals surface area contributed by atoms with Gasteiger partial charge in [-0.15, -0.1) is 0 Å². The smallest absolute Gasteiger partial charge is 0.260 e. The van der Waals surface area contributed by atoms with Crippen LogP contribution in [0, 0.1) is 6.92 Å². The highest BCUT2D eigenvalue weighted by atomic mass is 35.5. The van der Waals surface area contributed by atoms with E-state index in [2.05, 4.69) is 0 Å². The van der Waals surface area contributed by atoms with Crippen molar-refractivity contribution in [2.45, 2.75) is 6.92 Å². The normalized spacial score (nSPS) is 14.2. The zero-order valence-corrected chi connectivity index (χ0v) is 15.4. The highest BCUT2D eigenvalue weighted by Crippen LogP contribution is 2.23. The summed E-state index contributed by atoms with van der Waals surface area (Å²) in [5.74, 6) is 0.396. The van der Waals surface area contributed by atoms with Crippen molar-refractivity contribution in [2.75, 3.05) is 32.8 Å². The molecular weight excluding hydrogens is 352 g/mol. The van der Waals surface area contributed by atoms with Crippen molar-refractivity contribution in [1.82, 2.24) is 9.80 Å². The summed E-state index contributed by atoms with van der Waals surface area (Å²) in [6, 6.07) is 14.6. The lowest BCUT2D eigenvalue weighted by Gasteiger charge is -2.34. The standard InChI is InChI=1S/C20H21ClN2O3/c1-15-6-8-16(9-7-15)20(25)23-12-10-22(11-13-23)19(24)14-26-18-5-3-2-4-17(18)21/h2-9H,10-14H2,1H3. The van der Waals surface area contributed by atoms with Gasteiger partial charge in [-0.05, 0) is 31.2 Å². The summed E-state index contributed by atoms with van der Waals surface area (Å²) in [7, 11) is 0. The maximum Gasteiger partial charge on any atom is 0.260 e. The minimum atomic E-state index is -0.104. The van der Waals surface area contributed by atoms with Crippen LogP contribution >= 0.6 is 11.6 Å². The number of carbonyl (C=O) groups excluding carboxylic acids is 2. The molecule has 1 fully saturated rings. The summed E-state index contributed by atoms with van der Waals surface area (Å²) in [6.07, 6.45) is 0. The molecule has 0 N–H and O–H groups in total. The molecule has 6 heteroatoms. The molecule has 0 bridgehead atoms. The van der Waals surface area contributed by atoms with Gasteiger partial charge in [-0.1, -0.05) is 41.4 Å². The molecule has 2 aromatic carbocycles. The zero-order chi connectivity index (χ0) is 18.5. The van der Waals surface area contributed by atoms with Gasteiger partial charge in [-0.3, -0.25) is 9.59 Å². The number of rotatable bonds is 4. The number of amides is 2. The molecule has 1 heterocycles. The maximum absolute atomic E-state index is 12.5. The minimum Gasteiger partial charge on any atom is -0.482 e. The molecule has 0 unspecified atom stereocenters. The molecule has 136 valence electrons. The average Bonchev–Trinajstić information content (AvgIpc) is 2.67. The van der Waals surface area contributed by atoms with Gasteiger partial charge in [-0.25, -0.2) is 0 Å². The summed E-state index contributed by atoms with van der Waals surface area (Å²) in [5.41, 5.74) is 1.80. The van der Waals surface area contributed by atoms with Crippen molar-refractivity contribution in [3.8, 4) is 5.75 Å². The van der Waals surface area contributed by atoms with Crippen molar-refractivity contribution in [3.05, 3.63) is 64.7 Å². The number of hydrogen-bond donors (Lipinski definition) is 0. The van der Waals surface area contributed by atoms with Crippen molar-refractivity contribution in [3.63, 3.8) is 0 Å². The second-order valence-electron chi connectivity index (χ2n) is 6.26. The van der Waals surface area contributed by atoms with Crippen LogP contribution in [0.4, 0.5) is 0 Å². The summed E-state index contributed by atoms with van der Waals surface area (Å²) in [6.45, 7) is 3.97. The fourth-order valence-corrected chi connectivity index (χ4v) is 3.02. The topological polar surface area (TPSA) is 49.9 Å². The molecule has 0 spiro atoms. The Balaban J connectivity index is 1.50. The van der Waals surface area contributed by atoms with E-state index < -0.39 is 0 Å². The average molecular weight is 373 g/mol. The van der Waals surface area contributed by atoms with Crippen LogP contribution in [0.2, 0.25) is 5.02 Å². The van der Waals surface area contributed by atoms with Crippen LogP contribution in [-0.4, -0.2) is 54.4 Å². The Hall–Kier alpha value is -2.53. The van der Waals surface area contributed by atoms with E-state index in [9.17, 15) is 9.59 Å². The van der Waals surface area contributed by atoms with Gasteiger partial charge >= 0.3 is 0 Å². The molecule has 1 aliphatic heterocycles. The molecule has 0 atom stereocenters. The highest BCUT2D eigenvalue weighted by Gasteiger charge is 2.25. The number of ether oxygens (including phenoxy) is 1. The van der Waals surface area contributed by atoms with Crippen LogP contribution in [0.1, 0.15) is 15.9 Å². The molecule has 0 aliphatic carbocycles. The fourth-order valence-electron chi connectivity index (χ4n) is 2.83. The molecule has 5 nitrogen and oxygen atoms in total. The molecule has 2 amide bonds. The number of piperazine rings is 1. The summed E-state index contributed by atoms with van der Waals surface area (Å²) >= 11 is 6.02. The number of nitrogens with zero attached hydrogens (tertiary/aromatic N) is 2. The first kappa shape index (κ1) is 18.3. The van der Waals surface area contributed by atoms with E-state index in [0.29, 0.717) is 42.5 Å². The number of carbonyl (C=O) groups is 2. The Kier molecular flexibility index (Phi) is 5.78. The van der Waals surface area contributed by atoms with Gasteiger partial charge in [0.05, 0.1) is 5.02 Å². The van der Waals surface area contributed by atoms with Crippen LogP contribution < -0.4 is 4.74 Å². The molecule has 26 heavy (non-hydrogen) atoms. The first-order valence-corrected chi connectivity index (χ1v) is 8.93. The molecule has 3 rings (SSSR count). The van der Waals surface area contributed by atoms with Crippen molar-refractivity contribution >= 4 is 23.4 Å². The van der Waals surface area contributed by atoms with E-state index in [-0.39, 0.29) is 18.4 Å². The second-order valence-corrected chi connectivity index (χ2v) is 6.67. The monoisotopic (exact) mass is 372 g/mol. The highest BCUT2D eigenvalue weighted by molar-refractivity contribution is 6.32. The Labute approximate surface area is 158 Å². The summed E-state index contributed by atoms with van der Waals surface area (Å²) in [4.78, 5) is 28.3. The maximum atomic E-state index is 12.5. The van der Waals surface area contributed by atoms with Gasteiger partial charge in [0, 0.05) is 31.7 Å². The number of benzene rings is 2. The fraction of sp³-hybridized carbons (Fsp3) is 0.300. The molecule has 0 aromatic heterocycles. The number of aryl methyl sites for hydroxylation is 1. The van der Waals surface area contributed by atoms with Crippen LogP contribution in [0.5, 0.6) is 5.75 Å². The Morgan fingerprint density at radius 1 is 0.962 bits per heavy atom. The molecular formula is C20H21ClN2O3. The lowest BCUT2D eigenvalue weighted by Crippen LogP contribution is -2.51. The number of hydrogen-bond acceptors (Lipinski definition) is 3. The molecule has 1 aliphatic rings. The van der Waals surface area contributed by atoms with E-state index in [1.54, 1.807) is 34.1 Å². The van der Waals surface area contributed by atoms with E-state index in [1.807, 2.05) is 31.2 Å². The summed E-state index contributed by atoms with van der Waals surface area (Å²) in [5, 5.41) is 0.480. The first-order valence-electron chi connectivity index (χ1n) is 8.55. The van der Waals surface area contributed by atoms with Gasteiger partial charge in [0.2, 0.25) is 0 Å². The minimum absolute atomic E-state index is 0.00409. The third-order valence-electron chi connectivity index (χ3n) is 4.41. The van der Waals surface area contributed by atoms with Gasteiger partial charge in [0.25, 0.3) is 11.8 Å². The van der Waals surface area contributed by atoms with Gasteiger partial charge in [0.1, 0.15) is 5.75 Å². The van der Waals surface area contributed by atoms with E-state index in [0.717, 1.165) is 5.56 Å². The number of para-hydroxylation sites is 1. The third kappa shape index (κ3) is 4.35. The van der Waals surface area contributed by atoms with Crippen LogP contribution in [0.25, 0.3) is 0 Å². The largest absolute Gasteiger partial charge is 0.482 e. The van der Waals surface area contributed by atoms with Gasteiger partial charge in [-0.2, -0.15) is 0 Å². The SMILES string of the molecule is Cc1ccc(C(=O)N2CCN(C(=O)COc3ccccc3Cl)CC2)cc1. The Bertz CT molecular complexity index is 784. The molecule has 1 saturated heterocycles. The lowest BCUT2D eigenvalue weighted by atomic mass is 10.1. The van der Waals surface area contributed by atoms with Crippen molar-refractivity contribution in [1.29, 1.82) is 0 Å². The zero-order valence-electron chi connectivity index (χ0n) is 14.7. The van der Waals surface area contributed by atoms with Crippen LogP contribution in [0.3, 0.4) is 0 Å². The Morgan fingerprint density at radius 2 is 1.58 bits per heavy atom. The summed E-state index contributed by atoms with van der Waals surface area (Å²) < 4.78 is 5.50. The predicted molar refractivity (Wildman–Crippen MR) is 101 cm³/mol. The second kappa shape index (κ2) is 8.23. The van der Waals surface area contributed by atoms with Gasteiger partial charge in [0.15, 0.2) is 6.61 Å². The third-order valence-corrected chi connectivity index (χ3v) is 4.72. The van der Waals surface area contributed by atoms with Crippen LogP contribution in [0.15, 0.2) is 48.5 Å². The van der Waals surface area contributed by atoms with Crippen LogP contribution in [-0.2, 0) is 4.79 Å². The Morgan fingerprint density at radius 3 is 2.23 bits per heavy atom.